The Morgan fingerprint density at radius 1 is 1.06 bits per heavy atom. The zero-order chi connectivity index (χ0) is 22.6. The average Bonchev–Trinajstić information content (AvgIpc) is 2.74. The molecule has 3 rings (SSSR count). The van der Waals surface area contributed by atoms with Gasteiger partial charge in [-0.2, -0.15) is 4.31 Å². The lowest BCUT2D eigenvalue weighted by molar-refractivity contribution is 0.381. The van der Waals surface area contributed by atoms with Crippen LogP contribution in [0.15, 0.2) is 52.4 Å². The second-order valence-corrected chi connectivity index (χ2v) is 11.1. The lowest BCUT2D eigenvalue weighted by atomic mass is 10.2. The molecule has 2 heterocycles. The molecule has 1 unspecified atom stereocenters. The predicted octanol–water partition coefficient (Wildman–Crippen LogP) is 2.20. The second kappa shape index (κ2) is 9.60. The summed E-state index contributed by atoms with van der Waals surface area (Å²) in [5.74, 6) is -0.214. The minimum atomic E-state index is -3.92. The summed E-state index contributed by atoms with van der Waals surface area (Å²) in [7, 11) is -7.56. The van der Waals surface area contributed by atoms with E-state index in [2.05, 4.69) is 9.71 Å². The van der Waals surface area contributed by atoms with Crippen LogP contribution in [0.5, 0.6) is 0 Å². The highest BCUT2D eigenvalue weighted by atomic mass is 32.2. The number of sulfonamides is 2. The summed E-state index contributed by atoms with van der Waals surface area (Å²) in [4.78, 5) is 5.88. The van der Waals surface area contributed by atoms with Gasteiger partial charge in [-0.3, -0.25) is 0 Å². The Labute approximate surface area is 183 Å². The van der Waals surface area contributed by atoms with Gasteiger partial charge in [0.2, 0.25) is 20.0 Å². The van der Waals surface area contributed by atoms with Gasteiger partial charge in [0.25, 0.3) is 0 Å². The van der Waals surface area contributed by atoms with E-state index in [9.17, 15) is 21.2 Å². The number of piperazine rings is 1. The van der Waals surface area contributed by atoms with E-state index in [0.717, 1.165) is 18.9 Å². The van der Waals surface area contributed by atoms with Crippen LogP contribution in [0.4, 0.5) is 10.2 Å². The van der Waals surface area contributed by atoms with Crippen molar-refractivity contribution >= 4 is 25.9 Å². The highest BCUT2D eigenvalue weighted by molar-refractivity contribution is 7.89. The summed E-state index contributed by atoms with van der Waals surface area (Å²) in [5.41, 5.74) is 0. The molecule has 0 radical (unpaired) electrons. The molecule has 11 heteroatoms. The van der Waals surface area contributed by atoms with Crippen LogP contribution in [-0.4, -0.2) is 58.3 Å². The van der Waals surface area contributed by atoms with Gasteiger partial charge in [0.15, 0.2) is 0 Å². The maximum absolute atomic E-state index is 14.0. The van der Waals surface area contributed by atoms with Crippen LogP contribution in [0.3, 0.4) is 0 Å². The minimum Gasteiger partial charge on any atom is -0.354 e. The van der Waals surface area contributed by atoms with Crippen molar-refractivity contribution in [3.05, 3.63) is 48.4 Å². The van der Waals surface area contributed by atoms with Crippen molar-refractivity contribution in [1.82, 2.24) is 14.0 Å². The standard InChI is InChI=1S/C20H27FN4O4S2/c1-3-6-16(2)23-30(26,27)17-9-10-20(22-15-17)24-11-13-25(14-12-24)31(28,29)19-8-5-4-7-18(19)21/h4-5,7-10,15-16,23H,3,6,11-14H2,1-2H3. The van der Waals surface area contributed by atoms with Crippen molar-refractivity contribution in [2.24, 2.45) is 0 Å². The van der Waals surface area contributed by atoms with Crippen LogP contribution in [0.2, 0.25) is 0 Å². The number of nitrogens with one attached hydrogen (secondary N) is 1. The van der Waals surface area contributed by atoms with Gasteiger partial charge in [0.1, 0.15) is 21.4 Å². The Morgan fingerprint density at radius 2 is 1.74 bits per heavy atom. The Hall–Kier alpha value is -2.08. The molecule has 0 saturated carbocycles. The highest BCUT2D eigenvalue weighted by Gasteiger charge is 2.31. The van der Waals surface area contributed by atoms with Gasteiger partial charge in [-0.25, -0.2) is 30.9 Å². The third-order valence-electron chi connectivity index (χ3n) is 5.13. The number of anilines is 1. The Balaban J connectivity index is 1.66. The Kier molecular flexibility index (Phi) is 7.30. The van der Waals surface area contributed by atoms with E-state index in [-0.39, 0.29) is 28.9 Å². The summed E-state index contributed by atoms with van der Waals surface area (Å²) in [6.07, 6.45) is 2.92. The molecular formula is C20H27FN4O4S2. The van der Waals surface area contributed by atoms with Crippen LogP contribution in [0.25, 0.3) is 0 Å². The van der Waals surface area contributed by atoms with Crippen molar-refractivity contribution in [2.45, 2.75) is 42.5 Å². The number of rotatable bonds is 8. The maximum Gasteiger partial charge on any atom is 0.246 e. The van der Waals surface area contributed by atoms with Crippen molar-refractivity contribution in [1.29, 1.82) is 0 Å². The monoisotopic (exact) mass is 470 g/mol. The third kappa shape index (κ3) is 5.40. The van der Waals surface area contributed by atoms with E-state index in [1.54, 1.807) is 6.07 Å². The van der Waals surface area contributed by atoms with E-state index in [1.165, 1.54) is 34.8 Å². The first-order valence-corrected chi connectivity index (χ1v) is 13.1. The Bertz CT molecular complexity index is 1100. The molecule has 1 aromatic carbocycles. The van der Waals surface area contributed by atoms with Crippen LogP contribution in [-0.2, 0) is 20.0 Å². The lowest BCUT2D eigenvalue weighted by Gasteiger charge is -2.34. The molecule has 170 valence electrons. The summed E-state index contributed by atoms with van der Waals surface area (Å²) in [6, 6.07) is 8.25. The fourth-order valence-electron chi connectivity index (χ4n) is 3.49. The maximum atomic E-state index is 14.0. The van der Waals surface area contributed by atoms with E-state index in [0.29, 0.717) is 18.9 Å². The molecule has 0 bridgehead atoms. The largest absolute Gasteiger partial charge is 0.354 e. The van der Waals surface area contributed by atoms with Gasteiger partial charge >= 0.3 is 0 Å². The molecular weight excluding hydrogens is 443 g/mol. The topological polar surface area (TPSA) is 99.7 Å². The van der Waals surface area contributed by atoms with E-state index in [4.69, 9.17) is 0 Å². The molecule has 1 aromatic heterocycles. The van der Waals surface area contributed by atoms with Crippen molar-refractivity contribution in [2.75, 3.05) is 31.1 Å². The normalized spacial score (nSPS) is 16.9. The molecule has 8 nitrogen and oxygen atoms in total. The first kappa shape index (κ1) is 23.6. The molecule has 1 saturated heterocycles. The smallest absolute Gasteiger partial charge is 0.246 e. The van der Waals surface area contributed by atoms with Gasteiger partial charge in [-0.05, 0) is 37.6 Å². The molecule has 1 N–H and O–H groups in total. The number of hydrogen-bond acceptors (Lipinski definition) is 6. The van der Waals surface area contributed by atoms with Gasteiger partial charge in [0, 0.05) is 38.4 Å². The van der Waals surface area contributed by atoms with Crippen LogP contribution >= 0.6 is 0 Å². The van der Waals surface area contributed by atoms with E-state index in [1.807, 2.05) is 18.7 Å². The zero-order valence-electron chi connectivity index (χ0n) is 17.5. The quantitative estimate of drug-likeness (QED) is 0.635. The molecule has 1 aliphatic rings. The van der Waals surface area contributed by atoms with Gasteiger partial charge < -0.3 is 4.90 Å². The minimum absolute atomic E-state index is 0.0833. The number of halogens is 1. The molecule has 2 aromatic rings. The van der Waals surface area contributed by atoms with Crippen molar-refractivity contribution in [3.63, 3.8) is 0 Å². The van der Waals surface area contributed by atoms with Crippen LogP contribution in [0, 0.1) is 5.82 Å². The number of nitrogens with zero attached hydrogens (tertiary/aromatic N) is 3. The van der Waals surface area contributed by atoms with Gasteiger partial charge in [-0.15, -0.1) is 0 Å². The summed E-state index contributed by atoms with van der Waals surface area (Å²) in [6.45, 7) is 4.88. The molecule has 31 heavy (non-hydrogen) atoms. The molecule has 0 aliphatic carbocycles. The number of aromatic nitrogens is 1. The third-order valence-corrected chi connectivity index (χ3v) is 8.63. The summed E-state index contributed by atoms with van der Waals surface area (Å²) < 4.78 is 68.2. The van der Waals surface area contributed by atoms with E-state index < -0.39 is 25.9 Å². The first-order chi connectivity index (χ1) is 14.6. The molecule has 1 atom stereocenters. The van der Waals surface area contributed by atoms with Crippen molar-refractivity contribution < 1.29 is 21.2 Å². The van der Waals surface area contributed by atoms with E-state index >= 15 is 0 Å². The van der Waals surface area contributed by atoms with Crippen LogP contribution in [0.1, 0.15) is 26.7 Å². The summed E-state index contributed by atoms with van der Waals surface area (Å²) >= 11 is 0. The predicted molar refractivity (Wildman–Crippen MR) is 116 cm³/mol. The number of hydrogen-bond donors (Lipinski definition) is 1. The van der Waals surface area contributed by atoms with Crippen LogP contribution < -0.4 is 9.62 Å². The fraction of sp³-hybridized carbons (Fsp3) is 0.450. The number of pyridine rings is 1. The Morgan fingerprint density at radius 3 is 2.32 bits per heavy atom. The fourth-order valence-corrected chi connectivity index (χ4v) is 6.20. The number of benzene rings is 1. The second-order valence-electron chi connectivity index (χ2n) is 7.48. The average molecular weight is 471 g/mol. The summed E-state index contributed by atoms with van der Waals surface area (Å²) in [5, 5.41) is 0. The molecule has 0 spiro atoms. The first-order valence-electron chi connectivity index (χ1n) is 10.1. The SMILES string of the molecule is CCCC(C)NS(=O)(=O)c1ccc(N2CCN(S(=O)(=O)c3ccccc3F)CC2)nc1. The van der Waals surface area contributed by atoms with Crippen molar-refractivity contribution in [3.8, 4) is 0 Å². The zero-order valence-corrected chi connectivity index (χ0v) is 19.2. The van der Waals surface area contributed by atoms with Gasteiger partial charge in [-0.1, -0.05) is 25.5 Å². The highest BCUT2D eigenvalue weighted by Crippen LogP contribution is 2.22. The molecule has 0 amide bonds. The molecule has 1 fully saturated rings. The molecule has 1 aliphatic heterocycles. The lowest BCUT2D eigenvalue weighted by Crippen LogP contribution is -2.49. The van der Waals surface area contributed by atoms with Gasteiger partial charge in [0.05, 0.1) is 0 Å².